The molecule has 0 aliphatic rings. The number of rotatable bonds is 4. The summed E-state index contributed by atoms with van der Waals surface area (Å²) in [7, 11) is -2.34. The number of sulfonamides is 1. The van der Waals surface area contributed by atoms with E-state index in [1.807, 2.05) is 0 Å². The van der Waals surface area contributed by atoms with E-state index in [1.54, 1.807) is 0 Å². The van der Waals surface area contributed by atoms with Crippen LogP contribution >= 0.6 is 15.9 Å². The van der Waals surface area contributed by atoms with Gasteiger partial charge in [0.1, 0.15) is 0 Å². The number of nitrogen functional groups attached to an aromatic ring is 1. The second-order valence-corrected chi connectivity index (χ2v) is 6.18. The molecule has 0 aromatic heterocycles. The number of amides is 1. The van der Waals surface area contributed by atoms with Gasteiger partial charge in [0.15, 0.2) is 0 Å². The Morgan fingerprint density at radius 3 is 2.56 bits per heavy atom. The average molecular weight is 336 g/mol. The molecule has 0 aliphatic heterocycles. The Morgan fingerprint density at radius 1 is 1.44 bits per heavy atom. The van der Waals surface area contributed by atoms with Crippen molar-refractivity contribution in [1.29, 1.82) is 0 Å². The Kier molecular flexibility index (Phi) is 4.71. The number of hydrogen-bond donors (Lipinski definition) is 3. The first-order chi connectivity index (χ1) is 8.27. The van der Waals surface area contributed by atoms with Gasteiger partial charge in [-0.15, -0.1) is 0 Å². The third-order valence-corrected chi connectivity index (χ3v) is 4.73. The molecule has 1 unspecified atom stereocenters. The highest BCUT2D eigenvalue weighted by Crippen LogP contribution is 2.24. The summed E-state index contributed by atoms with van der Waals surface area (Å²) >= 11 is 3.13. The summed E-state index contributed by atoms with van der Waals surface area (Å²) in [6, 6.07) is 3.48. The standard InChI is InChI=1S/C10H14BrN3O3S/c1-6(10(15)13-2)14-18(16,17)9-4-3-7(12)5-8(9)11/h3-6,14H,12H2,1-2H3,(H,13,15). The van der Waals surface area contributed by atoms with Crippen molar-refractivity contribution in [2.45, 2.75) is 17.9 Å². The molecular formula is C10H14BrN3O3S. The average Bonchev–Trinajstić information content (AvgIpc) is 2.26. The number of carbonyl (C=O) groups excluding carboxylic acids is 1. The van der Waals surface area contributed by atoms with Crippen LogP contribution in [-0.2, 0) is 14.8 Å². The van der Waals surface area contributed by atoms with E-state index < -0.39 is 22.0 Å². The zero-order valence-electron chi connectivity index (χ0n) is 9.90. The number of carbonyl (C=O) groups is 1. The molecular weight excluding hydrogens is 322 g/mol. The predicted octanol–water partition coefficient (Wildman–Crippen LogP) is 0.444. The van der Waals surface area contributed by atoms with Crippen LogP contribution in [0.1, 0.15) is 6.92 Å². The van der Waals surface area contributed by atoms with Gasteiger partial charge in [-0.05, 0) is 41.1 Å². The summed E-state index contributed by atoms with van der Waals surface area (Å²) in [5.74, 6) is -0.412. The number of nitrogens with two attached hydrogens (primary N) is 1. The Morgan fingerprint density at radius 2 is 2.06 bits per heavy atom. The summed E-state index contributed by atoms with van der Waals surface area (Å²) in [5, 5.41) is 2.36. The van der Waals surface area contributed by atoms with Crippen molar-refractivity contribution in [3.63, 3.8) is 0 Å². The minimum absolute atomic E-state index is 0.0347. The Balaban J connectivity index is 3.04. The Labute approximate surface area is 114 Å². The molecule has 0 fully saturated rings. The van der Waals surface area contributed by atoms with Crippen LogP contribution in [0.2, 0.25) is 0 Å². The topological polar surface area (TPSA) is 101 Å². The second-order valence-electron chi connectivity index (χ2n) is 3.65. The molecule has 1 rings (SSSR count). The van der Waals surface area contributed by atoms with Gasteiger partial charge in [0.25, 0.3) is 0 Å². The molecule has 0 heterocycles. The van der Waals surface area contributed by atoms with Gasteiger partial charge >= 0.3 is 0 Å². The lowest BCUT2D eigenvalue weighted by molar-refractivity contribution is -0.121. The van der Waals surface area contributed by atoms with Gasteiger partial charge in [0.05, 0.1) is 10.9 Å². The summed E-state index contributed by atoms with van der Waals surface area (Å²) in [6.07, 6.45) is 0. The summed E-state index contributed by atoms with van der Waals surface area (Å²) < 4.78 is 26.7. The molecule has 0 aliphatic carbocycles. The lowest BCUT2D eigenvalue weighted by atomic mass is 10.3. The molecule has 1 aromatic carbocycles. The maximum atomic E-state index is 12.0. The molecule has 0 saturated carbocycles. The quantitative estimate of drug-likeness (QED) is 0.695. The fraction of sp³-hybridized carbons (Fsp3) is 0.300. The van der Waals surface area contributed by atoms with Crippen molar-refractivity contribution >= 4 is 37.5 Å². The van der Waals surface area contributed by atoms with Crippen LogP contribution in [0.5, 0.6) is 0 Å². The van der Waals surface area contributed by atoms with Gasteiger partial charge in [-0.2, -0.15) is 4.72 Å². The molecule has 0 bridgehead atoms. The van der Waals surface area contributed by atoms with Crippen LogP contribution in [0.3, 0.4) is 0 Å². The molecule has 18 heavy (non-hydrogen) atoms. The molecule has 6 nitrogen and oxygen atoms in total. The van der Waals surface area contributed by atoms with Crippen LogP contribution in [0.25, 0.3) is 0 Å². The third kappa shape index (κ3) is 3.44. The van der Waals surface area contributed by atoms with E-state index in [0.717, 1.165) is 0 Å². The second kappa shape index (κ2) is 5.68. The van der Waals surface area contributed by atoms with E-state index in [9.17, 15) is 13.2 Å². The van der Waals surface area contributed by atoms with E-state index in [1.165, 1.54) is 32.2 Å². The molecule has 0 saturated heterocycles. The Bertz CT molecular complexity index is 559. The molecule has 4 N–H and O–H groups in total. The van der Waals surface area contributed by atoms with Crippen LogP contribution in [-0.4, -0.2) is 27.4 Å². The fourth-order valence-electron chi connectivity index (χ4n) is 1.30. The van der Waals surface area contributed by atoms with Crippen molar-refractivity contribution < 1.29 is 13.2 Å². The van der Waals surface area contributed by atoms with Crippen molar-refractivity contribution in [2.24, 2.45) is 0 Å². The molecule has 0 radical (unpaired) electrons. The van der Waals surface area contributed by atoms with Crippen LogP contribution in [0, 0.1) is 0 Å². The summed E-state index contributed by atoms with van der Waals surface area (Å²) in [4.78, 5) is 11.3. The van der Waals surface area contributed by atoms with Crippen molar-refractivity contribution in [2.75, 3.05) is 12.8 Å². The minimum Gasteiger partial charge on any atom is -0.399 e. The van der Waals surface area contributed by atoms with Crippen LogP contribution in [0.4, 0.5) is 5.69 Å². The molecule has 1 aromatic rings. The largest absolute Gasteiger partial charge is 0.399 e. The fourth-order valence-corrected chi connectivity index (χ4v) is 3.60. The first-order valence-electron chi connectivity index (χ1n) is 5.07. The first kappa shape index (κ1) is 14.9. The number of hydrogen-bond acceptors (Lipinski definition) is 4. The zero-order chi connectivity index (χ0) is 13.9. The third-order valence-electron chi connectivity index (χ3n) is 2.22. The van der Waals surface area contributed by atoms with Gasteiger partial charge in [-0.3, -0.25) is 4.79 Å². The molecule has 8 heteroatoms. The highest BCUT2D eigenvalue weighted by Gasteiger charge is 2.23. The highest BCUT2D eigenvalue weighted by molar-refractivity contribution is 9.10. The van der Waals surface area contributed by atoms with E-state index in [-0.39, 0.29) is 4.90 Å². The lowest BCUT2D eigenvalue weighted by Gasteiger charge is -2.13. The summed E-state index contributed by atoms with van der Waals surface area (Å²) in [5.41, 5.74) is 5.98. The maximum Gasteiger partial charge on any atom is 0.242 e. The maximum absolute atomic E-state index is 12.0. The minimum atomic E-state index is -3.78. The van der Waals surface area contributed by atoms with Gasteiger partial charge < -0.3 is 11.1 Å². The smallest absolute Gasteiger partial charge is 0.242 e. The predicted molar refractivity (Wildman–Crippen MR) is 72.4 cm³/mol. The molecule has 100 valence electrons. The monoisotopic (exact) mass is 335 g/mol. The number of likely N-dealkylation sites (N-methyl/N-ethyl adjacent to an activating group) is 1. The van der Waals surface area contributed by atoms with Crippen molar-refractivity contribution in [3.05, 3.63) is 22.7 Å². The Hall–Kier alpha value is -1.12. The van der Waals surface area contributed by atoms with Crippen molar-refractivity contribution in [3.8, 4) is 0 Å². The van der Waals surface area contributed by atoms with Gasteiger partial charge in [-0.25, -0.2) is 8.42 Å². The van der Waals surface area contributed by atoms with Gasteiger partial charge in [-0.1, -0.05) is 0 Å². The van der Waals surface area contributed by atoms with Gasteiger partial charge in [0, 0.05) is 17.2 Å². The van der Waals surface area contributed by atoms with Crippen LogP contribution in [0.15, 0.2) is 27.6 Å². The SMILES string of the molecule is CNC(=O)C(C)NS(=O)(=O)c1ccc(N)cc1Br. The van der Waals surface area contributed by atoms with E-state index in [2.05, 4.69) is 26.0 Å². The normalized spacial score (nSPS) is 13.1. The number of anilines is 1. The van der Waals surface area contributed by atoms with Crippen LogP contribution < -0.4 is 15.8 Å². The molecule has 1 amide bonds. The van der Waals surface area contributed by atoms with Gasteiger partial charge in [0.2, 0.25) is 15.9 Å². The van der Waals surface area contributed by atoms with E-state index in [4.69, 9.17) is 5.73 Å². The highest BCUT2D eigenvalue weighted by atomic mass is 79.9. The lowest BCUT2D eigenvalue weighted by Crippen LogP contribution is -2.43. The zero-order valence-corrected chi connectivity index (χ0v) is 12.3. The van der Waals surface area contributed by atoms with Crippen molar-refractivity contribution in [1.82, 2.24) is 10.0 Å². The number of halogens is 1. The first-order valence-corrected chi connectivity index (χ1v) is 7.34. The molecule has 0 spiro atoms. The summed E-state index contributed by atoms with van der Waals surface area (Å²) in [6.45, 7) is 1.46. The van der Waals surface area contributed by atoms with E-state index >= 15 is 0 Å². The number of benzene rings is 1. The molecule has 1 atom stereocenters. The number of nitrogens with one attached hydrogen (secondary N) is 2. The van der Waals surface area contributed by atoms with E-state index in [0.29, 0.717) is 10.2 Å².